The van der Waals surface area contributed by atoms with Crippen LogP contribution in [0, 0.1) is 0 Å². The number of nitrogens with zero attached hydrogens (tertiary/aromatic N) is 2. The minimum absolute atomic E-state index is 0.249. The van der Waals surface area contributed by atoms with Gasteiger partial charge in [0.2, 0.25) is 0 Å². The zero-order chi connectivity index (χ0) is 12.4. The van der Waals surface area contributed by atoms with Crippen molar-refractivity contribution in [1.29, 1.82) is 0 Å². The molecule has 0 spiro atoms. The monoisotopic (exact) mass is 244 g/mol. The Labute approximate surface area is 97.4 Å². The molecule has 2 rings (SSSR count). The van der Waals surface area contributed by atoms with Crippen LogP contribution < -0.4 is 0 Å². The SMILES string of the molecule is O=C(c1cccn1CC(F)F)N1CCC(O)C1. The summed E-state index contributed by atoms with van der Waals surface area (Å²) in [5.74, 6) is -0.299. The summed E-state index contributed by atoms with van der Waals surface area (Å²) in [6.45, 7) is 0.267. The van der Waals surface area contributed by atoms with Crippen LogP contribution in [0.3, 0.4) is 0 Å². The van der Waals surface area contributed by atoms with E-state index in [4.69, 9.17) is 0 Å². The van der Waals surface area contributed by atoms with E-state index in [2.05, 4.69) is 0 Å². The molecule has 94 valence electrons. The number of β-amino-alcohol motifs (C(OH)–C–C–N with tert-alkyl or cyclic N) is 1. The van der Waals surface area contributed by atoms with Crippen molar-refractivity contribution in [2.45, 2.75) is 25.5 Å². The predicted molar refractivity (Wildman–Crippen MR) is 57.0 cm³/mol. The highest BCUT2D eigenvalue weighted by Gasteiger charge is 2.27. The average Bonchev–Trinajstić information content (AvgIpc) is 2.85. The predicted octanol–water partition coefficient (Wildman–Crippen LogP) is 0.960. The van der Waals surface area contributed by atoms with Gasteiger partial charge in [-0.15, -0.1) is 0 Å². The Balaban J connectivity index is 2.11. The molecule has 1 aromatic rings. The first-order valence-corrected chi connectivity index (χ1v) is 5.48. The molecule has 0 bridgehead atoms. The molecule has 1 saturated heterocycles. The van der Waals surface area contributed by atoms with Gasteiger partial charge in [0.15, 0.2) is 0 Å². The lowest BCUT2D eigenvalue weighted by Gasteiger charge is -2.17. The van der Waals surface area contributed by atoms with Crippen molar-refractivity contribution in [1.82, 2.24) is 9.47 Å². The van der Waals surface area contributed by atoms with Crippen LogP contribution in [0.2, 0.25) is 0 Å². The molecular weight excluding hydrogens is 230 g/mol. The number of likely N-dealkylation sites (tertiary alicyclic amines) is 1. The molecule has 0 aliphatic carbocycles. The van der Waals surface area contributed by atoms with E-state index in [0.29, 0.717) is 13.0 Å². The van der Waals surface area contributed by atoms with Gasteiger partial charge in [0, 0.05) is 19.3 Å². The van der Waals surface area contributed by atoms with Gasteiger partial charge in [0.25, 0.3) is 12.3 Å². The van der Waals surface area contributed by atoms with Gasteiger partial charge >= 0.3 is 0 Å². The normalized spacial score (nSPS) is 20.2. The molecule has 1 amide bonds. The number of alkyl halides is 2. The summed E-state index contributed by atoms with van der Waals surface area (Å²) in [5, 5.41) is 9.34. The zero-order valence-corrected chi connectivity index (χ0v) is 9.22. The number of aliphatic hydroxyl groups is 1. The van der Waals surface area contributed by atoms with Crippen LogP contribution in [0.25, 0.3) is 0 Å². The molecule has 1 aliphatic heterocycles. The molecule has 0 radical (unpaired) electrons. The highest BCUT2D eigenvalue weighted by atomic mass is 19.3. The third kappa shape index (κ3) is 2.63. The smallest absolute Gasteiger partial charge is 0.270 e. The van der Waals surface area contributed by atoms with Crippen LogP contribution in [-0.4, -0.2) is 46.1 Å². The molecule has 6 heteroatoms. The molecule has 17 heavy (non-hydrogen) atoms. The Morgan fingerprint density at radius 2 is 2.35 bits per heavy atom. The first kappa shape index (κ1) is 12.0. The maximum absolute atomic E-state index is 12.3. The number of rotatable bonds is 3. The van der Waals surface area contributed by atoms with Gasteiger partial charge in [0.1, 0.15) is 5.69 Å². The summed E-state index contributed by atoms with van der Waals surface area (Å²) in [5.41, 5.74) is 0.249. The number of carbonyl (C=O) groups is 1. The van der Waals surface area contributed by atoms with Gasteiger partial charge in [-0.25, -0.2) is 8.78 Å². The Bertz CT molecular complexity index is 406. The quantitative estimate of drug-likeness (QED) is 0.860. The topological polar surface area (TPSA) is 45.5 Å². The number of aromatic nitrogens is 1. The van der Waals surface area contributed by atoms with E-state index in [0.717, 1.165) is 0 Å². The lowest BCUT2D eigenvalue weighted by molar-refractivity contribution is 0.0744. The molecule has 0 aromatic carbocycles. The van der Waals surface area contributed by atoms with Crippen LogP contribution in [0.5, 0.6) is 0 Å². The Morgan fingerprint density at radius 3 is 2.94 bits per heavy atom. The maximum atomic E-state index is 12.3. The summed E-state index contributed by atoms with van der Waals surface area (Å²) in [7, 11) is 0. The van der Waals surface area contributed by atoms with E-state index < -0.39 is 19.1 Å². The van der Waals surface area contributed by atoms with Crippen LogP contribution in [-0.2, 0) is 6.54 Å². The van der Waals surface area contributed by atoms with Crippen molar-refractivity contribution < 1.29 is 18.7 Å². The molecule has 1 aromatic heterocycles. The maximum Gasteiger partial charge on any atom is 0.270 e. The first-order chi connectivity index (χ1) is 8.08. The van der Waals surface area contributed by atoms with Crippen LogP contribution in [0.1, 0.15) is 16.9 Å². The third-order valence-electron chi connectivity index (χ3n) is 2.83. The fourth-order valence-corrected chi connectivity index (χ4v) is 2.00. The van der Waals surface area contributed by atoms with E-state index in [1.165, 1.54) is 21.7 Å². The van der Waals surface area contributed by atoms with Crippen molar-refractivity contribution in [2.24, 2.45) is 0 Å². The average molecular weight is 244 g/mol. The molecule has 1 N–H and O–H groups in total. The third-order valence-corrected chi connectivity index (χ3v) is 2.83. The van der Waals surface area contributed by atoms with Gasteiger partial charge in [-0.05, 0) is 18.6 Å². The van der Waals surface area contributed by atoms with Gasteiger partial charge in [-0.3, -0.25) is 4.79 Å². The summed E-state index contributed by atoms with van der Waals surface area (Å²) < 4.78 is 25.8. The highest BCUT2D eigenvalue weighted by Crippen LogP contribution is 2.15. The van der Waals surface area contributed by atoms with Crippen molar-refractivity contribution in [3.8, 4) is 0 Å². The summed E-state index contributed by atoms with van der Waals surface area (Å²) in [6.07, 6.45) is -0.983. The minimum Gasteiger partial charge on any atom is -0.391 e. The lowest BCUT2D eigenvalue weighted by Crippen LogP contribution is -2.31. The number of carbonyl (C=O) groups excluding carboxylic acids is 1. The number of amides is 1. The second-order valence-electron chi connectivity index (χ2n) is 4.13. The van der Waals surface area contributed by atoms with Gasteiger partial charge in [0.05, 0.1) is 12.6 Å². The molecule has 1 atom stereocenters. The first-order valence-electron chi connectivity index (χ1n) is 5.48. The number of aliphatic hydroxyl groups excluding tert-OH is 1. The molecule has 1 unspecified atom stereocenters. The summed E-state index contributed by atoms with van der Waals surface area (Å²) in [4.78, 5) is 13.5. The van der Waals surface area contributed by atoms with E-state index in [-0.39, 0.29) is 18.1 Å². The van der Waals surface area contributed by atoms with Crippen molar-refractivity contribution in [2.75, 3.05) is 13.1 Å². The molecule has 1 aliphatic rings. The second kappa shape index (κ2) is 4.83. The largest absolute Gasteiger partial charge is 0.391 e. The zero-order valence-electron chi connectivity index (χ0n) is 9.22. The summed E-state index contributed by atoms with van der Waals surface area (Å²) >= 11 is 0. The van der Waals surface area contributed by atoms with E-state index >= 15 is 0 Å². The Hall–Kier alpha value is -1.43. The van der Waals surface area contributed by atoms with Crippen LogP contribution >= 0.6 is 0 Å². The fourth-order valence-electron chi connectivity index (χ4n) is 2.00. The number of halogens is 2. The van der Waals surface area contributed by atoms with Crippen molar-refractivity contribution in [3.05, 3.63) is 24.0 Å². The molecule has 4 nitrogen and oxygen atoms in total. The Kier molecular flexibility index (Phi) is 3.42. The van der Waals surface area contributed by atoms with Gasteiger partial charge in [-0.2, -0.15) is 0 Å². The van der Waals surface area contributed by atoms with Crippen LogP contribution in [0.15, 0.2) is 18.3 Å². The van der Waals surface area contributed by atoms with Crippen molar-refractivity contribution >= 4 is 5.91 Å². The van der Waals surface area contributed by atoms with Crippen molar-refractivity contribution in [3.63, 3.8) is 0 Å². The lowest BCUT2D eigenvalue weighted by atomic mass is 10.3. The standard InChI is InChI=1S/C11H14F2N2O2/c12-10(13)7-14-4-1-2-9(14)11(17)15-5-3-8(16)6-15/h1-2,4,8,10,16H,3,5-7H2. The van der Waals surface area contributed by atoms with E-state index in [1.807, 2.05) is 0 Å². The number of hydrogen-bond donors (Lipinski definition) is 1. The second-order valence-corrected chi connectivity index (χ2v) is 4.13. The minimum atomic E-state index is -2.49. The van der Waals surface area contributed by atoms with Gasteiger partial charge < -0.3 is 14.6 Å². The highest BCUT2D eigenvalue weighted by molar-refractivity contribution is 5.93. The van der Waals surface area contributed by atoms with E-state index in [1.54, 1.807) is 6.07 Å². The molecular formula is C11H14F2N2O2. The molecule has 2 heterocycles. The molecule has 1 fully saturated rings. The Morgan fingerprint density at radius 1 is 1.59 bits per heavy atom. The fraction of sp³-hybridized carbons (Fsp3) is 0.545. The summed E-state index contributed by atoms with van der Waals surface area (Å²) in [6, 6.07) is 3.09. The van der Waals surface area contributed by atoms with Crippen LogP contribution in [0.4, 0.5) is 8.78 Å². The van der Waals surface area contributed by atoms with E-state index in [9.17, 15) is 18.7 Å². The van der Waals surface area contributed by atoms with Gasteiger partial charge in [-0.1, -0.05) is 0 Å². The molecule has 0 saturated carbocycles. The number of hydrogen-bond acceptors (Lipinski definition) is 2.